The van der Waals surface area contributed by atoms with Crippen molar-refractivity contribution in [1.82, 2.24) is 96.9 Å². The molecule has 3 aromatic heterocycles. The molecule has 4 aliphatic heterocycles. The molecule has 144 heavy (non-hydrogen) atoms. The summed E-state index contributed by atoms with van der Waals surface area (Å²) >= 11 is 0. The number of amides is 8. The van der Waals surface area contributed by atoms with E-state index in [1.807, 2.05) is 65.2 Å². The van der Waals surface area contributed by atoms with E-state index in [9.17, 15) is 67.1 Å². The van der Waals surface area contributed by atoms with Crippen LogP contribution in [0.25, 0.3) is 0 Å². The third-order valence-electron chi connectivity index (χ3n) is 24.4. The van der Waals surface area contributed by atoms with Gasteiger partial charge in [0, 0.05) is 91.1 Å². The zero-order chi connectivity index (χ0) is 110. The topological polar surface area (TPSA) is 574 Å². The molecule has 0 aromatic carbocycles. The van der Waals surface area contributed by atoms with Gasteiger partial charge in [0.15, 0.2) is 51.5 Å². The number of hydrogen-bond acceptors (Lipinski definition) is 35. The smallest absolute Gasteiger partial charge is 1.00 e. The number of carboxylic acids is 1. The van der Waals surface area contributed by atoms with E-state index < -0.39 is 71.7 Å². The number of ether oxygens (including phenoxy) is 7. The Labute approximate surface area is 879 Å². The number of esters is 5. The third-order valence-corrected chi connectivity index (χ3v) is 24.4. The molecule has 0 saturated carbocycles. The van der Waals surface area contributed by atoms with Crippen molar-refractivity contribution in [3.05, 3.63) is 69.1 Å². The minimum absolute atomic E-state index is 0. The maximum atomic E-state index is 13.0. The first-order valence-corrected chi connectivity index (χ1v) is 48.9. The molecule has 4 saturated heterocycles. The summed E-state index contributed by atoms with van der Waals surface area (Å²) in [7, 11) is 18.0. The Morgan fingerprint density at radius 3 is 1.30 bits per heavy atom. The van der Waals surface area contributed by atoms with Crippen molar-refractivity contribution in [2.75, 3.05) is 156 Å². The Bertz CT molecular complexity index is 4260. The van der Waals surface area contributed by atoms with Crippen LogP contribution in [-0.4, -0.2) is 375 Å². The number of likely N-dealkylation sites (N-methyl/N-ethyl adjacent to an activating group) is 6. The minimum atomic E-state index is -1.10. The zero-order valence-corrected chi connectivity index (χ0v) is 92.4. The van der Waals surface area contributed by atoms with Gasteiger partial charge in [0.05, 0.1) is 42.1 Å². The van der Waals surface area contributed by atoms with Crippen molar-refractivity contribution in [3.63, 3.8) is 0 Å². The number of alkyl carbamates (subject to hydrolysis) is 2. The second kappa shape index (κ2) is 73.3. The first-order chi connectivity index (χ1) is 66.5. The van der Waals surface area contributed by atoms with Crippen molar-refractivity contribution >= 4 is 101 Å². The number of carbonyl (C=O) groups excluding carboxylic acids is 13. The number of rotatable bonds is 32. The Hall–Kier alpha value is -9.77. The number of hydrazine groups is 2. The number of aryl methyl sites for hydroxylation is 1. The molecule has 7 heterocycles. The number of nitrogens with one attached hydrogen (secondary N) is 6. The normalized spacial score (nSPS) is 17.2. The van der Waals surface area contributed by atoms with Gasteiger partial charge in [-0.15, -0.1) is 30.6 Å². The molecule has 46 heteroatoms. The number of nitrogens with two attached hydrogens (primary N) is 3. The molecule has 7 rings (SSSR count). The number of carbonyl (C=O) groups is 14. The number of nitrogen functional groups attached to an aromatic ring is 1. The first-order valence-electron chi connectivity index (χ1n) is 48.9. The fraction of sp³-hybridized carbons (Fsp3) is 0.735. The third kappa shape index (κ3) is 50.6. The molecule has 0 bridgehead atoms. The van der Waals surface area contributed by atoms with E-state index in [0.717, 1.165) is 70.1 Å². The van der Waals surface area contributed by atoms with E-state index in [-0.39, 0.29) is 139 Å². The van der Waals surface area contributed by atoms with Gasteiger partial charge in [-0.1, -0.05) is 163 Å². The first kappa shape index (κ1) is 140. The van der Waals surface area contributed by atoms with Gasteiger partial charge >= 0.3 is 66.9 Å². The van der Waals surface area contributed by atoms with Crippen LogP contribution in [0.2, 0.25) is 0 Å². The van der Waals surface area contributed by atoms with Gasteiger partial charge in [-0.25, -0.2) is 34.6 Å². The van der Waals surface area contributed by atoms with E-state index in [1.165, 1.54) is 73.1 Å². The van der Waals surface area contributed by atoms with E-state index >= 15 is 0 Å². The summed E-state index contributed by atoms with van der Waals surface area (Å²) in [6.45, 7) is 53.1. The molecular formula is C98H180AlLiN22O22. The fourth-order valence-electron chi connectivity index (χ4n) is 15.1. The standard InChI is InChI=1S/C20H32N4O3.C19H32N6O2.C15H28N2O5.C11H14N2O4.C9H16N2O2.C9H20N2.C8H17NO2.C7H13NO4.Al.Li.H4N2.4H/c1-7-14(4)17-12-24(9-8-23(17)5)19(25)16-11-15(10-13(2)3)18(22-21-16)20(26)27-6;1-6-13(4)16-11-25(8-7-24(16)5)19(27)15-10-14(9-12(2)3)17(23-22-15)18(26)21-20;1-8-10(2)12(13(19)21-7)17(6)11(18)9-16-14(20)22-15(3,4)5;1-4-5-7-6-8(10(14)16-2)12-13-9(7)11(15)17-3;1-4-6(2)8-9(13)10-5-7(12)11(8)3;1-4-8(2)9-7-10-5-6-11(9)3;1-5-6(2)7(9-3)8(10)11-4;1-7(2,3)12-6(11)8-4-5(9)10;;;1-2;;;;/h11,13-14,17H,7-10,12H2,1-6H3;10,12-13,16H,6-9,11,20H2,1-5H3,(H,21,26);10,12H,8-9H2,1-7H3,(H,16,20);6H,4-5H2,1-3H3;6,8H,4-5H2,1-3H3,(H,10,13);8-10H,4-7H2,1-3H3;6-7,9H,5H2,1-4H3;4H2,1-3H3,(H,8,11)(H,9,10);;;1-2H2;;;;/q;;;;;;;;;+1;;;;;-1/t14?,17-;13?,16-;10?,12-;;6?,8-;8?,9-;6?,7-;;;;;;;;/m110.010......../s1. The van der Waals surface area contributed by atoms with Crippen LogP contribution in [-0.2, 0) is 81.2 Å². The van der Waals surface area contributed by atoms with E-state index in [1.54, 1.807) is 72.7 Å². The van der Waals surface area contributed by atoms with Gasteiger partial charge < -0.3 is 90.8 Å². The molecule has 0 radical (unpaired) electrons. The molecule has 6 unspecified atom stereocenters. The monoisotopic (exact) mass is 2050 g/mol. The van der Waals surface area contributed by atoms with Crippen LogP contribution >= 0.6 is 0 Å². The van der Waals surface area contributed by atoms with Gasteiger partial charge in [-0.3, -0.25) is 65.3 Å². The van der Waals surface area contributed by atoms with Gasteiger partial charge in [0.2, 0.25) is 17.7 Å². The van der Waals surface area contributed by atoms with E-state index in [2.05, 4.69) is 187 Å². The SMILES string of the molecule is CC(C)(C)OC(=O)NCC(=O)O.CCC(C)[C@@H](C(=O)OC)N(C)C(=O)CNC(=O)OC(C)(C)C.CCC(C)[C@H](NC)C(=O)OC.CCC(C)[C@H]1C(=O)NCC(=O)N1C.CCC(C)[C@H]1CN(C(=O)c2cc(CC(C)C)c(C(=O)NN)nn2)CCN1C.CCC(C)[C@H]1CN(C(=O)c2cc(CC(C)C)c(C(=O)OC)nn2)CCN1C.CCC(C)[C@H]1CNCCN1C.CCCc1cc(C(=O)OC)nnc1C(=O)OC.NN.[AlH3].[H-].[Li+]. The van der Waals surface area contributed by atoms with Crippen molar-refractivity contribution < 1.29 is 126 Å². The second-order valence-electron chi connectivity index (χ2n) is 38.4. The number of hydrogen-bond donors (Lipinski definition) is 10. The Morgan fingerprint density at radius 1 is 0.528 bits per heavy atom. The summed E-state index contributed by atoms with van der Waals surface area (Å²) in [6, 6.07) is 5.21. The summed E-state index contributed by atoms with van der Waals surface area (Å²) in [5, 5.41) is 45.1. The summed E-state index contributed by atoms with van der Waals surface area (Å²) < 4.78 is 33.1. The average Bonchev–Trinajstić information content (AvgIpc) is 0.809. The summed E-state index contributed by atoms with van der Waals surface area (Å²) in [5.74, 6) is 11.6. The molecule has 4 fully saturated rings. The quantitative estimate of drug-likeness (QED) is 0.0107. The number of piperazine rings is 4. The molecule has 0 aliphatic carbocycles. The molecule has 3 aromatic rings. The summed E-state index contributed by atoms with van der Waals surface area (Å²) in [4.78, 5) is 176. The molecule has 8 amide bonds. The van der Waals surface area contributed by atoms with Crippen LogP contribution in [0, 0.1) is 47.3 Å². The summed E-state index contributed by atoms with van der Waals surface area (Å²) in [5.41, 5.74) is 4.08. The average molecular weight is 2050 g/mol. The predicted molar refractivity (Wildman–Crippen MR) is 552 cm³/mol. The molecule has 0 spiro atoms. The van der Waals surface area contributed by atoms with Crippen LogP contribution in [0.15, 0.2) is 18.2 Å². The van der Waals surface area contributed by atoms with Gasteiger partial charge in [-0.05, 0) is 171 Å². The van der Waals surface area contributed by atoms with Crippen LogP contribution in [0.1, 0.15) is 285 Å². The molecular weight excluding hydrogens is 1870 g/mol. The zero-order valence-electron chi connectivity index (χ0n) is 93.4. The van der Waals surface area contributed by atoms with E-state index in [0.29, 0.717) is 109 Å². The van der Waals surface area contributed by atoms with Crippen molar-refractivity contribution in [3.8, 4) is 0 Å². The van der Waals surface area contributed by atoms with Gasteiger partial charge in [0.25, 0.3) is 17.7 Å². The number of carboxylic acid groups (broad SMARTS) is 1. The Balaban J connectivity index is -0.000000524. The van der Waals surface area contributed by atoms with Gasteiger partial charge in [0.1, 0.15) is 42.4 Å². The number of aromatic nitrogens is 6. The van der Waals surface area contributed by atoms with Crippen LogP contribution in [0.3, 0.4) is 0 Å². The molecule has 818 valence electrons. The van der Waals surface area contributed by atoms with Crippen LogP contribution < -0.4 is 68.4 Å². The van der Waals surface area contributed by atoms with Crippen LogP contribution in [0.5, 0.6) is 0 Å². The Kier molecular flexibility index (Phi) is 71.5. The van der Waals surface area contributed by atoms with Crippen molar-refractivity contribution in [2.45, 2.75) is 271 Å². The van der Waals surface area contributed by atoms with Crippen molar-refractivity contribution in [1.29, 1.82) is 0 Å². The maximum absolute atomic E-state index is 13.0. The Morgan fingerprint density at radius 2 is 0.924 bits per heavy atom. The predicted octanol–water partition coefficient (Wildman–Crippen LogP) is 2.97. The largest absolute Gasteiger partial charge is 1.00 e. The number of methoxy groups -OCH3 is 5. The molecule has 13 N–H and O–H groups in total. The second-order valence-corrected chi connectivity index (χ2v) is 38.4. The fourth-order valence-corrected chi connectivity index (χ4v) is 15.1. The molecule has 12 atom stereocenters. The summed E-state index contributed by atoms with van der Waals surface area (Å²) in [6.07, 6.45) is 7.32. The number of nitrogens with zero attached hydrogens (tertiary/aromatic N) is 13. The van der Waals surface area contributed by atoms with E-state index in [4.69, 9.17) is 29.9 Å². The van der Waals surface area contributed by atoms with Gasteiger partial charge in [-0.2, -0.15) is 0 Å². The maximum Gasteiger partial charge on any atom is 1.00 e. The van der Waals surface area contributed by atoms with Crippen LogP contribution in [0.4, 0.5) is 9.59 Å². The molecule has 4 aliphatic rings. The number of aliphatic carboxylic acids is 1. The van der Waals surface area contributed by atoms with Crippen molar-refractivity contribution in [2.24, 2.45) is 64.9 Å². The molecule has 44 nitrogen and oxygen atoms in total. The minimum Gasteiger partial charge on any atom is -1.00 e.